The summed E-state index contributed by atoms with van der Waals surface area (Å²) in [5, 5.41) is 3.40. The highest BCUT2D eigenvalue weighted by Crippen LogP contribution is 2.19. The molecular weight excluding hydrogens is 228 g/mol. The molecule has 1 saturated heterocycles. The second-order valence-electron chi connectivity index (χ2n) is 5.44. The molecule has 1 N–H and O–H groups in total. The third kappa shape index (κ3) is 4.10. The first-order valence-corrected chi connectivity index (χ1v) is 6.99. The summed E-state index contributed by atoms with van der Waals surface area (Å²) >= 11 is 0. The molecule has 1 atom stereocenters. The molecule has 4 heteroatoms. The molecule has 1 aliphatic heterocycles. The van der Waals surface area contributed by atoms with Crippen LogP contribution in [0.2, 0.25) is 0 Å². The minimum Gasteiger partial charge on any atom is -0.448 e. The number of oxazole rings is 1. The van der Waals surface area contributed by atoms with E-state index in [2.05, 4.69) is 24.1 Å². The van der Waals surface area contributed by atoms with Crippen LogP contribution in [0.4, 0.5) is 0 Å². The molecule has 1 aliphatic rings. The predicted octanol–water partition coefficient (Wildman–Crippen LogP) is 2.53. The van der Waals surface area contributed by atoms with Crippen molar-refractivity contribution in [1.82, 2.24) is 10.3 Å². The molecule has 4 nitrogen and oxygen atoms in total. The standard InChI is InChI=1S/C14H24N2O2/c1-11(2)8-15-9-13-14(18-10-16-13)7-12-5-3-4-6-17-12/h10-12,15H,3-9H2,1-2H3. The lowest BCUT2D eigenvalue weighted by Gasteiger charge is -2.21. The summed E-state index contributed by atoms with van der Waals surface area (Å²) in [4.78, 5) is 4.29. The van der Waals surface area contributed by atoms with E-state index < -0.39 is 0 Å². The number of ether oxygens (including phenoxy) is 1. The molecular formula is C14H24N2O2. The summed E-state index contributed by atoms with van der Waals surface area (Å²) in [5.41, 5.74) is 1.03. The van der Waals surface area contributed by atoms with Gasteiger partial charge in [-0.15, -0.1) is 0 Å². The van der Waals surface area contributed by atoms with E-state index in [0.717, 1.165) is 44.0 Å². The molecule has 0 bridgehead atoms. The van der Waals surface area contributed by atoms with Gasteiger partial charge < -0.3 is 14.5 Å². The van der Waals surface area contributed by atoms with Gasteiger partial charge in [-0.25, -0.2) is 4.98 Å². The number of nitrogens with zero attached hydrogens (tertiary/aromatic N) is 1. The molecule has 0 saturated carbocycles. The van der Waals surface area contributed by atoms with Crippen molar-refractivity contribution in [1.29, 1.82) is 0 Å². The van der Waals surface area contributed by atoms with Crippen molar-refractivity contribution in [3.05, 3.63) is 17.8 Å². The van der Waals surface area contributed by atoms with Crippen molar-refractivity contribution in [2.75, 3.05) is 13.2 Å². The van der Waals surface area contributed by atoms with E-state index in [1.165, 1.54) is 12.8 Å². The molecule has 1 unspecified atom stereocenters. The van der Waals surface area contributed by atoms with Gasteiger partial charge in [0.1, 0.15) is 5.76 Å². The Bertz CT molecular complexity index is 343. The van der Waals surface area contributed by atoms with Crippen molar-refractivity contribution in [3.63, 3.8) is 0 Å². The molecule has 1 fully saturated rings. The van der Waals surface area contributed by atoms with Gasteiger partial charge in [0.2, 0.25) is 0 Å². The molecule has 0 amide bonds. The van der Waals surface area contributed by atoms with E-state index in [0.29, 0.717) is 12.0 Å². The summed E-state index contributed by atoms with van der Waals surface area (Å²) in [6.45, 7) is 7.09. The van der Waals surface area contributed by atoms with Crippen LogP contribution in [-0.2, 0) is 17.7 Å². The molecule has 0 radical (unpaired) electrons. The van der Waals surface area contributed by atoms with Crippen molar-refractivity contribution < 1.29 is 9.15 Å². The summed E-state index contributed by atoms with van der Waals surface area (Å²) < 4.78 is 11.2. The van der Waals surface area contributed by atoms with Crippen LogP contribution in [0.15, 0.2) is 10.8 Å². The quantitative estimate of drug-likeness (QED) is 0.845. The first-order valence-electron chi connectivity index (χ1n) is 6.99. The van der Waals surface area contributed by atoms with Crippen molar-refractivity contribution in [2.24, 2.45) is 5.92 Å². The summed E-state index contributed by atoms with van der Waals surface area (Å²) in [6, 6.07) is 0. The van der Waals surface area contributed by atoms with Crippen molar-refractivity contribution >= 4 is 0 Å². The van der Waals surface area contributed by atoms with Gasteiger partial charge in [-0.3, -0.25) is 0 Å². The summed E-state index contributed by atoms with van der Waals surface area (Å²) in [7, 11) is 0. The SMILES string of the molecule is CC(C)CNCc1ncoc1CC1CCCCO1. The van der Waals surface area contributed by atoms with Gasteiger partial charge >= 0.3 is 0 Å². The minimum absolute atomic E-state index is 0.315. The molecule has 18 heavy (non-hydrogen) atoms. The lowest BCUT2D eigenvalue weighted by molar-refractivity contribution is 0.0138. The number of hydrogen-bond acceptors (Lipinski definition) is 4. The maximum atomic E-state index is 5.74. The Kier molecular flexibility index (Phi) is 5.20. The summed E-state index contributed by atoms with van der Waals surface area (Å²) in [6.07, 6.45) is 6.31. The van der Waals surface area contributed by atoms with Crippen molar-refractivity contribution in [3.8, 4) is 0 Å². The largest absolute Gasteiger partial charge is 0.448 e. The molecule has 2 rings (SSSR count). The van der Waals surface area contributed by atoms with Crippen LogP contribution in [0.1, 0.15) is 44.6 Å². The average Bonchev–Trinajstić information content (AvgIpc) is 2.78. The molecule has 0 aromatic carbocycles. The van der Waals surface area contributed by atoms with E-state index >= 15 is 0 Å². The highest BCUT2D eigenvalue weighted by atomic mass is 16.5. The van der Waals surface area contributed by atoms with Gasteiger partial charge in [0.15, 0.2) is 6.39 Å². The van der Waals surface area contributed by atoms with Gasteiger partial charge in [-0.05, 0) is 31.7 Å². The van der Waals surface area contributed by atoms with Gasteiger partial charge in [0.05, 0.1) is 11.8 Å². The van der Waals surface area contributed by atoms with Crippen molar-refractivity contribution in [2.45, 2.75) is 52.2 Å². The van der Waals surface area contributed by atoms with Gasteiger partial charge in [0, 0.05) is 19.6 Å². The third-order valence-electron chi connectivity index (χ3n) is 3.26. The fourth-order valence-corrected chi connectivity index (χ4v) is 2.26. The topological polar surface area (TPSA) is 47.3 Å². The molecule has 0 spiro atoms. The second kappa shape index (κ2) is 6.90. The second-order valence-corrected chi connectivity index (χ2v) is 5.44. The van der Waals surface area contributed by atoms with Gasteiger partial charge in [-0.2, -0.15) is 0 Å². The Labute approximate surface area is 109 Å². The lowest BCUT2D eigenvalue weighted by Crippen LogP contribution is -2.23. The molecule has 1 aromatic heterocycles. The molecule has 102 valence electrons. The van der Waals surface area contributed by atoms with Crippen LogP contribution in [-0.4, -0.2) is 24.2 Å². The number of hydrogen-bond donors (Lipinski definition) is 1. The zero-order valence-electron chi connectivity index (χ0n) is 11.4. The number of aromatic nitrogens is 1. The molecule has 2 heterocycles. The highest BCUT2D eigenvalue weighted by Gasteiger charge is 2.18. The van der Waals surface area contributed by atoms with Crippen LogP contribution in [0, 0.1) is 5.92 Å². The van der Waals surface area contributed by atoms with E-state index in [-0.39, 0.29) is 0 Å². The van der Waals surface area contributed by atoms with E-state index in [4.69, 9.17) is 9.15 Å². The smallest absolute Gasteiger partial charge is 0.181 e. The van der Waals surface area contributed by atoms with E-state index in [1.807, 2.05) is 0 Å². The van der Waals surface area contributed by atoms with Gasteiger partial charge in [0.25, 0.3) is 0 Å². The van der Waals surface area contributed by atoms with Crippen LogP contribution >= 0.6 is 0 Å². The maximum Gasteiger partial charge on any atom is 0.181 e. The zero-order valence-corrected chi connectivity index (χ0v) is 11.4. The fraction of sp³-hybridized carbons (Fsp3) is 0.786. The zero-order chi connectivity index (χ0) is 12.8. The lowest BCUT2D eigenvalue weighted by atomic mass is 10.0. The maximum absolute atomic E-state index is 5.74. The van der Waals surface area contributed by atoms with Gasteiger partial charge in [-0.1, -0.05) is 13.8 Å². The molecule has 1 aromatic rings. The molecule has 0 aliphatic carbocycles. The predicted molar refractivity (Wildman–Crippen MR) is 70.3 cm³/mol. The Morgan fingerprint density at radius 3 is 3.06 bits per heavy atom. The Hall–Kier alpha value is -0.870. The highest BCUT2D eigenvalue weighted by molar-refractivity contribution is 5.08. The van der Waals surface area contributed by atoms with Crippen LogP contribution in [0.3, 0.4) is 0 Å². The number of rotatable bonds is 6. The van der Waals surface area contributed by atoms with Crippen LogP contribution < -0.4 is 5.32 Å². The fourth-order valence-electron chi connectivity index (χ4n) is 2.26. The van der Waals surface area contributed by atoms with E-state index in [9.17, 15) is 0 Å². The number of nitrogens with one attached hydrogen (secondary N) is 1. The van der Waals surface area contributed by atoms with Crippen LogP contribution in [0.25, 0.3) is 0 Å². The van der Waals surface area contributed by atoms with E-state index in [1.54, 1.807) is 6.39 Å². The third-order valence-corrected chi connectivity index (χ3v) is 3.26. The average molecular weight is 252 g/mol. The monoisotopic (exact) mass is 252 g/mol. The Morgan fingerprint density at radius 2 is 2.33 bits per heavy atom. The minimum atomic E-state index is 0.315. The summed E-state index contributed by atoms with van der Waals surface area (Å²) in [5.74, 6) is 1.64. The Balaban J connectivity index is 1.82. The first-order chi connectivity index (χ1) is 8.75. The normalized spacial score (nSPS) is 20.5. The first kappa shape index (κ1) is 13.6. The Morgan fingerprint density at radius 1 is 1.44 bits per heavy atom. The van der Waals surface area contributed by atoms with Crippen LogP contribution in [0.5, 0.6) is 0 Å².